The molecule has 0 aliphatic heterocycles. The van der Waals surface area contributed by atoms with Crippen LogP contribution in [0.5, 0.6) is 0 Å². The average Bonchev–Trinajstić information content (AvgIpc) is 2.89. The van der Waals surface area contributed by atoms with Crippen molar-refractivity contribution >= 4 is 5.78 Å². The highest BCUT2D eigenvalue weighted by Gasteiger charge is 2.31. The highest BCUT2D eigenvalue weighted by atomic mass is 16.1. The lowest BCUT2D eigenvalue weighted by Gasteiger charge is -2.22. The van der Waals surface area contributed by atoms with E-state index in [1.165, 1.54) is 6.33 Å². The molecule has 18 heavy (non-hydrogen) atoms. The van der Waals surface area contributed by atoms with E-state index in [1.54, 1.807) is 0 Å². The molecule has 0 amide bonds. The van der Waals surface area contributed by atoms with Gasteiger partial charge in [-0.15, -0.1) is 0 Å². The molecule has 1 heterocycles. The summed E-state index contributed by atoms with van der Waals surface area (Å²) in [5.41, 5.74) is 5.96. The van der Waals surface area contributed by atoms with Crippen LogP contribution in [0.2, 0.25) is 0 Å². The van der Waals surface area contributed by atoms with Gasteiger partial charge in [-0.2, -0.15) is 5.10 Å². The van der Waals surface area contributed by atoms with E-state index in [1.807, 2.05) is 4.68 Å². The number of nitrogens with zero attached hydrogens (tertiary/aromatic N) is 3. The van der Waals surface area contributed by atoms with Crippen LogP contribution in [0.4, 0.5) is 0 Å². The Labute approximate surface area is 108 Å². The summed E-state index contributed by atoms with van der Waals surface area (Å²) >= 11 is 0. The number of nitrogens with two attached hydrogens (primary N) is 1. The monoisotopic (exact) mass is 250 g/mol. The summed E-state index contributed by atoms with van der Waals surface area (Å²) in [6.07, 6.45) is 7.59. The number of carbonyl (C=O) groups excluding carboxylic acids is 1. The highest BCUT2D eigenvalue weighted by Crippen LogP contribution is 2.30. The number of aromatic nitrogens is 3. The van der Waals surface area contributed by atoms with Gasteiger partial charge < -0.3 is 5.73 Å². The number of rotatable bonds is 6. The van der Waals surface area contributed by atoms with Gasteiger partial charge in [-0.3, -0.25) is 4.79 Å². The molecule has 1 saturated carbocycles. The predicted octanol–water partition coefficient (Wildman–Crippen LogP) is 1.46. The number of aryl methyl sites for hydroxylation is 1. The van der Waals surface area contributed by atoms with Crippen molar-refractivity contribution in [1.82, 2.24) is 14.8 Å². The first-order valence-corrected chi connectivity index (χ1v) is 6.80. The van der Waals surface area contributed by atoms with E-state index >= 15 is 0 Å². The molecule has 100 valence electrons. The molecular weight excluding hydrogens is 228 g/mol. The molecule has 1 aliphatic rings. The van der Waals surface area contributed by atoms with E-state index in [4.69, 9.17) is 5.73 Å². The molecule has 5 nitrogen and oxygen atoms in total. The van der Waals surface area contributed by atoms with Gasteiger partial charge in [0.1, 0.15) is 17.9 Å². The van der Waals surface area contributed by atoms with Gasteiger partial charge in [0.2, 0.25) is 0 Å². The Morgan fingerprint density at radius 1 is 1.50 bits per heavy atom. The Kier molecular flexibility index (Phi) is 4.11. The van der Waals surface area contributed by atoms with Crippen molar-refractivity contribution in [3.05, 3.63) is 12.2 Å². The van der Waals surface area contributed by atoms with Crippen molar-refractivity contribution in [2.75, 3.05) is 0 Å². The molecule has 5 heteroatoms. The zero-order valence-corrected chi connectivity index (χ0v) is 11.1. The minimum atomic E-state index is -0.257. The van der Waals surface area contributed by atoms with Crippen molar-refractivity contribution < 1.29 is 4.79 Å². The van der Waals surface area contributed by atoms with Crippen molar-refractivity contribution in [3.8, 4) is 0 Å². The van der Waals surface area contributed by atoms with E-state index in [0.29, 0.717) is 12.8 Å². The van der Waals surface area contributed by atoms with Gasteiger partial charge in [-0.05, 0) is 19.3 Å². The second kappa shape index (κ2) is 5.61. The Bertz CT molecular complexity index is 407. The second-order valence-electron chi connectivity index (χ2n) is 5.36. The highest BCUT2D eigenvalue weighted by molar-refractivity contribution is 5.81. The molecular formula is C13H22N4O. The maximum absolute atomic E-state index is 12.1. The summed E-state index contributed by atoms with van der Waals surface area (Å²) in [5, 5.41) is 4.13. The molecule has 1 aliphatic carbocycles. The molecule has 0 aromatic carbocycles. The molecule has 2 rings (SSSR count). The normalized spacial score (nSPS) is 18.1. The average molecular weight is 250 g/mol. The van der Waals surface area contributed by atoms with Gasteiger partial charge in [-0.1, -0.05) is 19.8 Å². The van der Waals surface area contributed by atoms with Crippen LogP contribution in [0.25, 0.3) is 0 Å². The third-order valence-electron chi connectivity index (χ3n) is 3.63. The van der Waals surface area contributed by atoms with Crippen LogP contribution in [-0.4, -0.2) is 26.1 Å². The Morgan fingerprint density at radius 2 is 2.22 bits per heavy atom. The fourth-order valence-corrected chi connectivity index (χ4v) is 2.71. The van der Waals surface area contributed by atoms with Gasteiger partial charge in [0.05, 0.1) is 6.42 Å². The Morgan fingerprint density at radius 3 is 2.89 bits per heavy atom. The number of Topliss-reactive ketones (excluding diaryl/α,β-unsaturated/α-hetero) is 1. The van der Waals surface area contributed by atoms with Gasteiger partial charge >= 0.3 is 0 Å². The van der Waals surface area contributed by atoms with Crippen LogP contribution in [0, 0.1) is 0 Å². The fraction of sp³-hybridized carbons (Fsp3) is 0.769. The lowest BCUT2D eigenvalue weighted by atomic mass is 9.91. The van der Waals surface area contributed by atoms with Crippen molar-refractivity contribution in [2.45, 2.75) is 64.0 Å². The lowest BCUT2D eigenvalue weighted by Crippen LogP contribution is -2.39. The first kappa shape index (κ1) is 13.2. The molecule has 0 radical (unpaired) electrons. The van der Waals surface area contributed by atoms with E-state index in [2.05, 4.69) is 17.0 Å². The standard InChI is InChI=1S/C13H22N4O/c1-2-7-17-12(15-10-16-17)8-11(18)9-13(14)5-3-4-6-13/h10H,2-9,14H2,1H3. The molecule has 0 unspecified atom stereocenters. The maximum atomic E-state index is 12.1. The third-order valence-corrected chi connectivity index (χ3v) is 3.63. The van der Waals surface area contributed by atoms with E-state index in [0.717, 1.165) is 44.5 Å². The summed E-state index contributed by atoms with van der Waals surface area (Å²) in [4.78, 5) is 16.2. The minimum absolute atomic E-state index is 0.185. The predicted molar refractivity (Wildman–Crippen MR) is 69.0 cm³/mol. The molecule has 1 aromatic rings. The SMILES string of the molecule is CCCn1ncnc1CC(=O)CC1(N)CCCC1. The van der Waals surface area contributed by atoms with Crippen molar-refractivity contribution in [2.24, 2.45) is 5.73 Å². The molecule has 0 spiro atoms. The first-order chi connectivity index (χ1) is 8.63. The van der Waals surface area contributed by atoms with Crippen LogP contribution in [0.15, 0.2) is 6.33 Å². The van der Waals surface area contributed by atoms with Gasteiger partial charge in [0.15, 0.2) is 0 Å². The number of hydrogen-bond donors (Lipinski definition) is 1. The zero-order chi connectivity index (χ0) is 13.0. The summed E-state index contributed by atoms with van der Waals surface area (Å²) < 4.78 is 1.82. The quantitative estimate of drug-likeness (QED) is 0.829. The van der Waals surface area contributed by atoms with E-state index in [9.17, 15) is 4.79 Å². The number of ketones is 1. The van der Waals surface area contributed by atoms with E-state index < -0.39 is 0 Å². The molecule has 2 N–H and O–H groups in total. The van der Waals surface area contributed by atoms with Gasteiger partial charge in [0.25, 0.3) is 0 Å². The van der Waals surface area contributed by atoms with Crippen LogP contribution >= 0.6 is 0 Å². The summed E-state index contributed by atoms with van der Waals surface area (Å²) in [7, 11) is 0. The van der Waals surface area contributed by atoms with Crippen molar-refractivity contribution in [3.63, 3.8) is 0 Å². The largest absolute Gasteiger partial charge is 0.325 e. The first-order valence-electron chi connectivity index (χ1n) is 6.80. The molecule has 0 bridgehead atoms. The Hall–Kier alpha value is -1.23. The molecule has 0 atom stereocenters. The summed E-state index contributed by atoms with van der Waals surface area (Å²) in [6, 6.07) is 0. The fourth-order valence-electron chi connectivity index (χ4n) is 2.71. The topological polar surface area (TPSA) is 73.8 Å². The lowest BCUT2D eigenvalue weighted by molar-refractivity contribution is -0.119. The molecule has 0 saturated heterocycles. The summed E-state index contributed by atoms with van der Waals surface area (Å²) in [5.74, 6) is 0.952. The van der Waals surface area contributed by atoms with Gasteiger partial charge in [-0.25, -0.2) is 9.67 Å². The maximum Gasteiger partial charge on any atom is 0.142 e. The minimum Gasteiger partial charge on any atom is -0.325 e. The van der Waals surface area contributed by atoms with Gasteiger partial charge in [0, 0.05) is 18.5 Å². The molecule has 1 fully saturated rings. The zero-order valence-electron chi connectivity index (χ0n) is 11.1. The van der Waals surface area contributed by atoms with Crippen molar-refractivity contribution in [1.29, 1.82) is 0 Å². The smallest absolute Gasteiger partial charge is 0.142 e. The second-order valence-corrected chi connectivity index (χ2v) is 5.36. The van der Waals surface area contributed by atoms with Crippen LogP contribution < -0.4 is 5.73 Å². The summed E-state index contributed by atoms with van der Waals surface area (Å²) in [6.45, 7) is 2.90. The van der Waals surface area contributed by atoms with E-state index in [-0.39, 0.29) is 11.3 Å². The van der Waals surface area contributed by atoms with Crippen LogP contribution in [0.3, 0.4) is 0 Å². The number of carbonyl (C=O) groups is 1. The third kappa shape index (κ3) is 3.16. The van der Waals surface area contributed by atoms with Crippen LogP contribution in [0.1, 0.15) is 51.3 Å². The number of hydrogen-bond acceptors (Lipinski definition) is 4. The van der Waals surface area contributed by atoms with Crippen LogP contribution in [-0.2, 0) is 17.8 Å². The molecule has 1 aromatic heterocycles. The Balaban J connectivity index is 1.92.